The van der Waals surface area contributed by atoms with Crippen LogP contribution in [0.4, 0.5) is 0 Å². The Hall–Kier alpha value is -5.72. The summed E-state index contributed by atoms with van der Waals surface area (Å²) in [6.45, 7) is 0. The Morgan fingerprint density at radius 3 is 1.45 bits per heavy atom. The number of benzene rings is 9. The van der Waals surface area contributed by atoms with Gasteiger partial charge in [0.1, 0.15) is 0 Å². The summed E-state index contributed by atoms with van der Waals surface area (Å²) >= 11 is 0. The number of rotatable bonds is 3. The van der Waals surface area contributed by atoms with Crippen molar-refractivity contribution in [3.05, 3.63) is 170 Å². The molecule has 204 valence electrons. The minimum absolute atomic E-state index is 0.207. The maximum atomic E-state index is 9.34. The van der Waals surface area contributed by atoms with Gasteiger partial charge in [-0.25, -0.2) is 0 Å². The smallest absolute Gasteiger partial charge is 0.0622 e. The second-order valence-electron chi connectivity index (χ2n) is 11.0. The lowest BCUT2D eigenvalue weighted by molar-refractivity contribution is 1.66. The van der Waals surface area contributed by atoms with E-state index in [0.29, 0.717) is 22.3 Å². The molecular weight excluding hydrogens is 528 g/mol. The molecule has 0 fully saturated rings. The minimum atomic E-state index is -0.414. The van der Waals surface area contributed by atoms with E-state index in [2.05, 4.69) is 36.4 Å². The van der Waals surface area contributed by atoms with E-state index in [4.69, 9.17) is 5.48 Å². The molecule has 0 saturated heterocycles. The topological polar surface area (TPSA) is 0 Å². The fourth-order valence-electron chi connectivity index (χ4n) is 6.83. The van der Waals surface area contributed by atoms with Crippen LogP contribution in [-0.4, -0.2) is 0 Å². The molecule has 9 rings (SSSR count). The highest BCUT2D eigenvalue weighted by Crippen LogP contribution is 2.47. The van der Waals surface area contributed by atoms with Gasteiger partial charge in [-0.1, -0.05) is 164 Å². The third kappa shape index (κ3) is 3.71. The second-order valence-corrected chi connectivity index (χ2v) is 11.0. The Bertz CT molecular complexity index is 2890. The summed E-state index contributed by atoms with van der Waals surface area (Å²) in [5.41, 5.74) is 4.07. The predicted molar refractivity (Wildman–Crippen MR) is 190 cm³/mol. The summed E-state index contributed by atoms with van der Waals surface area (Å²) < 4.78 is 72.2. The fraction of sp³-hybridized carbons (Fsp3) is 0. The SMILES string of the molecule is [2H]c1c([2H])c([2H])c2c(-c3cccc4c3ccc3c(-c5ccccc5)c5ccccc5cc34)c3c([2H])c([2H])c([2H])c([2H])c3c(-c3ccccc3)c2c1[2H]. The van der Waals surface area contributed by atoms with E-state index in [1.807, 2.05) is 72.8 Å². The quantitative estimate of drug-likeness (QED) is 0.148. The molecule has 0 heterocycles. The maximum Gasteiger partial charge on any atom is 0.0629 e. The van der Waals surface area contributed by atoms with Crippen LogP contribution in [0.15, 0.2) is 170 Å². The van der Waals surface area contributed by atoms with E-state index in [1.165, 1.54) is 0 Å². The average Bonchev–Trinajstić information content (AvgIpc) is 3.18. The standard InChI is InChI=1S/C44H28/c1-3-14-29(15-4-1)42-32-19-8-7-18-31(32)28-41-33-24-13-25-35(34(33)26-27-40(41)42)44-38-22-11-9-20-36(38)43(30-16-5-2-6-17-30)37-21-10-12-23-39(37)44/h1-28H/i9D,10D,11D,12D,20D,21D,22D,23D. The minimum Gasteiger partial charge on any atom is -0.0622 e. The molecule has 0 amide bonds. The van der Waals surface area contributed by atoms with Crippen LogP contribution in [0.1, 0.15) is 11.0 Å². The van der Waals surface area contributed by atoms with Crippen LogP contribution in [0.3, 0.4) is 0 Å². The lowest BCUT2D eigenvalue weighted by Crippen LogP contribution is -1.92. The van der Waals surface area contributed by atoms with Gasteiger partial charge in [0, 0.05) is 0 Å². The van der Waals surface area contributed by atoms with Crippen LogP contribution < -0.4 is 0 Å². The molecule has 0 heteroatoms. The van der Waals surface area contributed by atoms with Gasteiger partial charge >= 0.3 is 0 Å². The molecule has 9 aromatic carbocycles. The summed E-state index contributed by atoms with van der Waals surface area (Å²) in [4.78, 5) is 0. The van der Waals surface area contributed by atoms with E-state index in [9.17, 15) is 5.48 Å². The van der Waals surface area contributed by atoms with E-state index in [0.717, 1.165) is 43.4 Å². The largest absolute Gasteiger partial charge is 0.0629 e. The molecule has 0 unspecified atom stereocenters. The van der Waals surface area contributed by atoms with Crippen LogP contribution in [-0.2, 0) is 0 Å². The van der Waals surface area contributed by atoms with Gasteiger partial charge < -0.3 is 0 Å². The molecule has 0 nitrogen and oxygen atoms in total. The van der Waals surface area contributed by atoms with Crippen molar-refractivity contribution in [2.24, 2.45) is 0 Å². The molecular formula is C44H28. The molecule has 0 radical (unpaired) electrons. The highest BCUT2D eigenvalue weighted by atomic mass is 14.2. The molecule has 0 aliphatic heterocycles. The van der Waals surface area contributed by atoms with Crippen molar-refractivity contribution in [2.45, 2.75) is 0 Å². The molecule has 0 N–H and O–H groups in total. The average molecular weight is 565 g/mol. The summed E-state index contributed by atoms with van der Waals surface area (Å²) in [6, 6.07) is 37.0. The van der Waals surface area contributed by atoms with Crippen LogP contribution in [0, 0.1) is 0 Å². The zero-order valence-electron chi connectivity index (χ0n) is 31.5. The molecule has 0 spiro atoms. The normalized spacial score (nSPS) is 14.2. The lowest BCUT2D eigenvalue weighted by atomic mass is 9.83. The Morgan fingerprint density at radius 2 is 0.818 bits per heavy atom. The van der Waals surface area contributed by atoms with Crippen LogP contribution in [0.2, 0.25) is 0 Å². The first kappa shape index (κ1) is 18.1. The molecule has 9 aromatic rings. The first-order valence-electron chi connectivity index (χ1n) is 18.6. The summed E-state index contributed by atoms with van der Waals surface area (Å²) in [5, 5.41) is 6.77. The van der Waals surface area contributed by atoms with Gasteiger partial charge in [0.2, 0.25) is 0 Å². The van der Waals surface area contributed by atoms with Gasteiger partial charge in [-0.3, -0.25) is 0 Å². The molecule has 0 aliphatic rings. The highest BCUT2D eigenvalue weighted by molar-refractivity contribution is 6.26. The van der Waals surface area contributed by atoms with Gasteiger partial charge in [-0.15, -0.1) is 0 Å². The third-order valence-corrected chi connectivity index (χ3v) is 8.67. The molecule has 0 aliphatic carbocycles. The Morgan fingerprint density at radius 1 is 0.318 bits per heavy atom. The molecule has 0 atom stereocenters. The summed E-state index contributed by atoms with van der Waals surface area (Å²) in [5.74, 6) is 0. The zero-order valence-corrected chi connectivity index (χ0v) is 23.5. The molecule has 0 bridgehead atoms. The van der Waals surface area contributed by atoms with Crippen molar-refractivity contribution in [1.29, 1.82) is 0 Å². The van der Waals surface area contributed by atoms with Crippen molar-refractivity contribution < 1.29 is 11.0 Å². The highest BCUT2D eigenvalue weighted by Gasteiger charge is 2.19. The Balaban J connectivity index is 1.53. The first-order chi connectivity index (χ1) is 25.2. The second kappa shape index (κ2) is 9.93. The zero-order chi connectivity index (χ0) is 36.0. The summed E-state index contributed by atoms with van der Waals surface area (Å²) in [7, 11) is 0. The van der Waals surface area contributed by atoms with Crippen molar-refractivity contribution >= 4 is 53.9 Å². The van der Waals surface area contributed by atoms with E-state index >= 15 is 0 Å². The summed E-state index contributed by atoms with van der Waals surface area (Å²) in [6.07, 6.45) is 0. The van der Waals surface area contributed by atoms with E-state index < -0.39 is 24.2 Å². The third-order valence-electron chi connectivity index (χ3n) is 8.67. The molecule has 44 heavy (non-hydrogen) atoms. The number of hydrogen-bond acceptors (Lipinski definition) is 0. The van der Waals surface area contributed by atoms with E-state index in [-0.39, 0.29) is 45.7 Å². The van der Waals surface area contributed by atoms with E-state index in [1.54, 1.807) is 12.1 Å². The maximum absolute atomic E-state index is 9.34. The predicted octanol–water partition coefficient (Wildman–Crippen LogP) is 12.5. The van der Waals surface area contributed by atoms with Gasteiger partial charge in [-0.2, -0.15) is 0 Å². The van der Waals surface area contributed by atoms with Crippen molar-refractivity contribution in [2.75, 3.05) is 0 Å². The Kier molecular flexibility index (Phi) is 4.08. The monoisotopic (exact) mass is 564 g/mol. The molecule has 0 saturated carbocycles. The number of fused-ring (bicyclic) bond motifs is 6. The van der Waals surface area contributed by atoms with Gasteiger partial charge in [0.05, 0.1) is 11.0 Å². The Labute approximate surface area is 267 Å². The number of hydrogen-bond donors (Lipinski definition) is 0. The van der Waals surface area contributed by atoms with Crippen LogP contribution >= 0.6 is 0 Å². The first-order valence-corrected chi connectivity index (χ1v) is 14.6. The lowest BCUT2D eigenvalue weighted by Gasteiger charge is -2.19. The van der Waals surface area contributed by atoms with Gasteiger partial charge in [-0.05, 0) is 93.3 Å². The van der Waals surface area contributed by atoms with Crippen molar-refractivity contribution in [3.63, 3.8) is 0 Å². The van der Waals surface area contributed by atoms with Gasteiger partial charge in [0.15, 0.2) is 0 Å². The van der Waals surface area contributed by atoms with Gasteiger partial charge in [0.25, 0.3) is 0 Å². The fourth-order valence-corrected chi connectivity index (χ4v) is 6.83. The molecule has 0 aromatic heterocycles. The van der Waals surface area contributed by atoms with Crippen LogP contribution in [0.5, 0.6) is 0 Å². The van der Waals surface area contributed by atoms with Crippen LogP contribution in [0.25, 0.3) is 87.2 Å². The van der Waals surface area contributed by atoms with Crippen molar-refractivity contribution in [1.82, 2.24) is 0 Å². The van der Waals surface area contributed by atoms with Crippen molar-refractivity contribution in [3.8, 4) is 33.4 Å².